The van der Waals surface area contributed by atoms with Gasteiger partial charge in [0.05, 0.1) is 18.8 Å². The Bertz CT molecular complexity index is 202. The summed E-state index contributed by atoms with van der Waals surface area (Å²) in [7, 11) is 2.13. The molecule has 1 aliphatic heterocycles. The molecule has 0 amide bonds. The number of hydrogen-bond donors (Lipinski definition) is 1. The molecule has 15 heavy (non-hydrogen) atoms. The molecule has 1 atom stereocenters. The van der Waals surface area contributed by atoms with E-state index in [0.717, 1.165) is 45.6 Å². The monoisotopic (exact) mass is 211 g/mol. The number of likely N-dealkylation sites (N-methyl/N-ethyl adjacent to an activating group) is 1. The summed E-state index contributed by atoms with van der Waals surface area (Å²) in [5.74, 6) is 0. The molecule has 86 valence electrons. The lowest BCUT2D eigenvalue weighted by molar-refractivity contribution is -0.0180. The summed E-state index contributed by atoms with van der Waals surface area (Å²) in [5.41, 5.74) is 0. The fourth-order valence-electron chi connectivity index (χ4n) is 1.71. The minimum absolute atomic E-state index is 0.333. The summed E-state index contributed by atoms with van der Waals surface area (Å²) in [6, 6.07) is 2.15. The zero-order valence-electron chi connectivity index (χ0n) is 9.54. The van der Waals surface area contributed by atoms with Gasteiger partial charge in [0.2, 0.25) is 0 Å². The molecule has 0 aliphatic carbocycles. The van der Waals surface area contributed by atoms with Crippen LogP contribution >= 0.6 is 0 Å². The molecule has 1 unspecified atom stereocenters. The standard InChI is InChI=1S/C11H21N3O/c1-14-7-8-15-11(10-14)9-13-6-4-2-3-5-12/h11,13H,2-4,6-10H2,1H3. The molecule has 4 nitrogen and oxygen atoms in total. The molecule has 1 aliphatic rings. The lowest BCUT2D eigenvalue weighted by Gasteiger charge is -2.30. The molecule has 1 rings (SSSR count). The molecule has 0 aromatic rings. The Labute approximate surface area is 92.2 Å². The van der Waals surface area contributed by atoms with E-state index in [0.29, 0.717) is 12.5 Å². The number of unbranched alkanes of at least 4 members (excludes halogenated alkanes) is 2. The SMILES string of the molecule is CN1CCOC(CNCCCCC#N)C1. The number of rotatable bonds is 6. The van der Waals surface area contributed by atoms with Crippen LogP contribution in [-0.2, 0) is 4.74 Å². The number of morpholine rings is 1. The Morgan fingerprint density at radius 1 is 1.53 bits per heavy atom. The van der Waals surface area contributed by atoms with Gasteiger partial charge in [-0.2, -0.15) is 5.26 Å². The van der Waals surface area contributed by atoms with Gasteiger partial charge in [0.25, 0.3) is 0 Å². The summed E-state index contributed by atoms with van der Waals surface area (Å²) in [5, 5.41) is 11.7. The van der Waals surface area contributed by atoms with Crippen molar-refractivity contribution in [2.45, 2.75) is 25.4 Å². The van der Waals surface area contributed by atoms with Crippen molar-refractivity contribution in [2.24, 2.45) is 0 Å². The van der Waals surface area contributed by atoms with Gasteiger partial charge in [0, 0.05) is 26.1 Å². The highest BCUT2D eigenvalue weighted by molar-refractivity contribution is 4.72. The van der Waals surface area contributed by atoms with E-state index >= 15 is 0 Å². The lowest BCUT2D eigenvalue weighted by atomic mass is 10.2. The van der Waals surface area contributed by atoms with Gasteiger partial charge in [-0.05, 0) is 26.4 Å². The van der Waals surface area contributed by atoms with Gasteiger partial charge in [-0.25, -0.2) is 0 Å². The second-order valence-corrected chi connectivity index (χ2v) is 4.07. The highest BCUT2D eigenvalue weighted by Crippen LogP contribution is 2.01. The fraction of sp³-hybridized carbons (Fsp3) is 0.909. The van der Waals surface area contributed by atoms with E-state index in [4.69, 9.17) is 10.00 Å². The maximum Gasteiger partial charge on any atom is 0.0826 e. The third-order valence-electron chi connectivity index (χ3n) is 2.61. The van der Waals surface area contributed by atoms with E-state index in [1.807, 2.05) is 0 Å². The smallest absolute Gasteiger partial charge is 0.0826 e. The normalized spacial score (nSPS) is 22.5. The first-order chi connectivity index (χ1) is 7.33. The van der Waals surface area contributed by atoms with Crippen LogP contribution in [0, 0.1) is 11.3 Å². The number of nitrogens with zero attached hydrogens (tertiary/aromatic N) is 2. The van der Waals surface area contributed by atoms with Crippen LogP contribution in [0.25, 0.3) is 0 Å². The van der Waals surface area contributed by atoms with Crippen LogP contribution in [0.3, 0.4) is 0 Å². The molecule has 0 radical (unpaired) electrons. The van der Waals surface area contributed by atoms with Crippen molar-refractivity contribution in [3.05, 3.63) is 0 Å². The molecule has 1 saturated heterocycles. The molecule has 0 aromatic heterocycles. The van der Waals surface area contributed by atoms with Gasteiger partial charge in [-0.3, -0.25) is 0 Å². The predicted molar refractivity (Wildman–Crippen MR) is 59.6 cm³/mol. The largest absolute Gasteiger partial charge is 0.374 e. The van der Waals surface area contributed by atoms with Crippen molar-refractivity contribution in [3.8, 4) is 6.07 Å². The van der Waals surface area contributed by atoms with Crippen molar-refractivity contribution in [3.63, 3.8) is 0 Å². The van der Waals surface area contributed by atoms with Gasteiger partial charge < -0.3 is 15.0 Å². The van der Waals surface area contributed by atoms with E-state index in [-0.39, 0.29) is 0 Å². The summed E-state index contributed by atoms with van der Waals surface area (Å²) < 4.78 is 5.62. The van der Waals surface area contributed by atoms with Gasteiger partial charge in [0.15, 0.2) is 0 Å². The Morgan fingerprint density at radius 3 is 3.13 bits per heavy atom. The van der Waals surface area contributed by atoms with Crippen molar-refractivity contribution >= 4 is 0 Å². The minimum atomic E-state index is 0.333. The quantitative estimate of drug-likeness (QED) is 0.654. The Kier molecular flexibility index (Phi) is 6.33. The average molecular weight is 211 g/mol. The summed E-state index contributed by atoms with van der Waals surface area (Å²) in [4.78, 5) is 2.30. The Balaban J connectivity index is 1.93. The predicted octanol–water partition coefficient (Wildman–Crippen LogP) is 0.600. The maximum absolute atomic E-state index is 8.36. The number of hydrogen-bond acceptors (Lipinski definition) is 4. The first-order valence-electron chi connectivity index (χ1n) is 5.70. The summed E-state index contributed by atoms with van der Waals surface area (Å²) >= 11 is 0. The lowest BCUT2D eigenvalue weighted by Crippen LogP contribution is -2.44. The van der Waals surface area contributed by atoms with Gasteiger partial charge in [0.1, 0.15) is 0 Å². The van der Waals surface area contributed by atoms with Crippen molar-refractivity contribution < 1.29 is 4.74 Å². The van der Waals surface area contributed by atoms with Crippen LogP contribution in [0.15, 0.2) is 0 Å². The third kappa shape index (κ3) is 5.73. The molecule has 0 spiro atoms. The van der Waals surface area contributed by atoms with Crippen LogP contribution in [0.1, 0.15) is 19.3 Å². The molecule has 1 fully saturated rings. The van der Waals surface area contributed by atoms with Gasteiger partial charge >= 0.3 is 0 Å². The number of ether oxygens (including phenoxy) is 1. The molecule has 1 heterocycles. The van der Waals surface area contributed by atoms with E-state index < -0.39 is 0 Å². The second kappa shape index (κ2) is 7.63. The molecule has 4 heteroatoms. The topological polar surface area (TPSA) is 48.3 Å². The molecule has 1 N–H and O–H groups in total. The van der Waals surface area contributed by atoms with Gasteiger partial charge in [-0.1, -0.05) is 0 Å². The van der Waals surface area contributed by atoms with Crippen LogP contribution in [-0.4, -0.2) is 50.8 Å². The van der Waals surface area contributed by atoms with Crippen molar-refractivity contribution in [1.82, 2.24) is 10.2 Å². The number of nitriles is 1. The van der Waals surface area contributed by atoms with Crippen LogP contribution in [0.4, 0.5) is 0 Å². The highest BCUT2D eigenvalue weighted by atomic mass is 16.5. The minimum Gasteiger partial charge on any atom is -0.374 e. The highest BCUT2D eigenvalue weighted by Gasteiger charge is 2.16. The van der Waals surface area contributed by atoms with E-state index in [9.17, 15) is 0 Å². The molecule has 0 aromatic carbocycles. The Morgan fingerprint density at radius 2 is 2.40 bits per heavy atom. The van der Waals surface area contributed by atoms with Crippen LogP contribution in [0.2, 0.25) is 0 Å². The Hall–Kier alpha value is -0.630. The zero-order valence-corrected chi connectivity index (χ0v) is 9.54. The molecule has 0 bridgehead atoms. The summed E-state index contributed by atoms with van der Waals surface area (Å²) in [6.07, 6.45) is 3.08. The van der Waals surface area contributed by atoms with E-state index in [2.05, 4.69) is 23.3 Å². The van der Waals surface area contributed by atoms with Crippen LogP contribution < -0.4 is 5.32 Å². The first kappa shape index (κ1) is 12.4. The van der Waals surface area contributed by atoms with Crippen molar-refractivity contribution in [2.75, 3.05) is 39.8 Å². The third-order valence-corrected chi connectivity index (χ3v) is 2.61. The second-order valence-electron chi connectivity index (χ2n) is 4.07. The summed E-state index contributed by atoms with van der Waals surface area (Å²) in [6.45, 7) is 4.82. The van der Waals surface area contributed by atoms with Crippen LogP contribution in [0.5, 0.6) is 0 Å². The average Bonchev–Trinajstić information content (AvgIpc) is 2.23. The van der Waals surface area contributed by atoms with E-state index in [1.54, 1.807) is 0 Å². The van der Waals surface area contributed by atoms with Gasteiger partial charge in [-0.15, -0.1) is 0 Å². The molecular formula is C11H21N3O. The molecular weight excluding hydrogens is 190 g/mol. The molecule has 0 saturated carbocycles. The first-order valence-corrected chi connectivity index (χ1v) is 5.70. The fourth-order valence-corrected chi connectivity index (χ4v) is 1.71. The number of nitrogens with one attached hydrogen (secondary N) is 1. The van der Waals surface area contributed by atoms with E-state index in [1.165, 1.54) is 0 Å². The van der Waals surface area contributed by atoms with Crippen molar-refractivity contribution in [1.29, 1.82) is 5.26 Å². The zero-order chi connectivity index (χ0) is 10.9. The maximum atomic E-state index is 8.36.